The Morgan fingerprint density at radius 2 is 1.74 bits per heavy atom. The molecule has 0 saturated heterocycles. The van der Waals surface area contributed by atoms with Gasteiger partial charge in [0.1, 0.15) is 0 Å². The van der Waals surface area contributed by atoms with Crippen LogP contribution in [0.3, 0.4) is 0 Å². The molecule has 3 nitrogen and oxygen atoms in total. The van der Waals surface area contributed by atoms with Crippen molar-refractivity contribution in [1.82, 2.24) is 5.43 Å². The number of unbranched alkanes of at least 4 members (excludes halogenated alkanes) is 6. The molecule has 0 bridgehead atoms. The molecule has 0 spiro atoms. The topological polar surface area (TPSA) is 41.5 Å². The zero-order valence-electron chi connectivity index (χ0n) is 13.9. The van der Waals surface area contributed by atoms with Crippen LogP contribution in [0.5, 0.6) is 0 Å². The lowest BCUT2D eigenvalue weighted by atomic mass is 10.0. The Bertz CT molecular complexity index is 644. The van der Waals surface area contributed by atoms with Crippen LogP contribution in [0, 0.1) is 0 Å². The Balaban J connectivity index is 1.77. The van der Waals surface area contributed by atoms with E-state index in [-0.39, 0.29) is 5.91 Å². The van der Waals surface area contributed by atoms with Crippen LogP contribution in [0.2, 0.25) is 0 Å². The largest absolute Gasteiger partial charge is 0.271 e. The fraction of sp³-hybridized carbons (Fsp3) is 0.400. The molecule has 2 aromatic carbocycles. The van der Waals surface area contributed by atoms with Crippen molar-refractivity contribution in [2.45, 2.75) is 51.9 Å². The summed E-state index contributed by atoms with van der Waals surface area (Å²) in [5.74, 6) is -0.152. The lowest BCUT2D eigenvalue weighted by Crippen LogP contribution is -2.17. The van der Waals surface area contributed by atoms with Crippen LogP contribution in [-0.2, 0) is 0 Å². The molecule has 0 aromatic heterocycles. The van der Waals surface area contributed by atoms with Gasteiger partial charge in [0.25, 0.3) is 5.91 Å². The highest BCUT2D eigenvalue weighted by atomic mass is 16.2. The summed E-state index contributed by atoms with van der Waals surface area (Å²) in [6.07, 6.45) is 10.3. The quantitative estimate of drug-likeness (QED) is 0.381. The summed E-state index contributed by atoms with van der Waals surface area (Å²) in [6.45, 7) is 2.23. The lowest BCUT2D eigenvalue weighted by molar-refractivity contribution is 0.0956. The second-order valence-electron chi connectivity index (χ2n) is 5.84. The van der Waals surface area contributed by atoms with Gasteiger partial charge in [0.2, 0.25) is 0 Å². The molecule has 0 aliphatic rings. The molecule has 0 aliphatic carbocycles. The van der Waals surface area contributed by atoms with E-state index < -0.39 is 0 Å². The number of hydrogen-bond donors (Lipinski definition) is 1. The number of hydrogen-bond acceptors (Lipinski definition) is 2. The Hall–Kier alpha value is -2.16. The predicted octanol–water partition coefficient (Wildman–Crippen LogP) is 5.31. The molecule has 0 atom stereocenters. The van der Waals surface area contributed by atoms with Crippen LogP contribution < -0.4 is 5.43 Å². The summed E-state index contributed by atoms with van der Waals surface area (Å²) >= 11 is 0. The molecule has 0 fully saturated rings. The number of nitrogens with one attached hydrogen (secondary N) is 1. The van der Waals surface area contributed by atoms with E-state index in [0.717, 1.165) is 23.6 Å². The maximum absolute atomic E-state index is 12.2. The molecule has 2 aromatic rings. The van der Waals surface area contributed by atoms with E-state index in [2.05, 4.69) is 17.5 Å². The standard InChI is InChI=1S/C20H26N2O/c1-2-3-4-5-6-7-10-16-21-22-20(23)19-15-11-13-17-12-8-9-14-18(17)19/h8-9,11-16H,2-7,10H2,1H3,(H,22,23). The number of carbonyl (C=O) groups excluding carboxylic acids is 1. The van der Waals surface area contributed by atoms with Gasteiger partial charge in [-0.05, 0) is 29.7 Å². The van der Waals surface area contributed by atoms with E-state index >= 15 is 0 Å². The molecule has 3 heteroatoms. The smallest absolute Gasteiger partial charge is 0.267 e. The summed E-state index contributed by atoms with van der Waals surface area (Å²) in [4.78, 5) is 12.2. The Morgan fingerprint density at radius 3 is 2.61 bits per heavy atom. The third kappa shape index (κ3) is 5.51. The number of benzene rings is 2. The van der Waals surface area contributed by atoms with Gasteiger partial charge in [-0.25, -0.2) is 5.43 Å². The molecule has 0 saturated carbocycles. The van der Waals surface area contributed by atoms with Crippen molar-refractivity contribution >= 4 is 22.9 Å². The van der Waals surface area contributed by atoms with E-state index in [4.69, 9.17) is 0 Å². The van der Waals surface area contributed by atoms with Gasteiger partial charge in [-0.15, -0.1) is 0 Å². The van der Waals surface area contributed by atoms with Crippen molar-refractivity contribution in [2.24, 2.45) is 5.10 Å². The summed E-state index contributed by atoms with van der Waals surface area (Å²) in [7, 11) is 0. The maximum Gasteiger partial charge on any atom is 0.271 e. The van der Waals surface area contributed by atoms with E-state index in [1.54, 1.807) is 0 Å². The third-order valence-corrected chi connectivity index (χ3v) is 3.98. The minimum absolute atomic E-state index is 0.152. The highest BCUT2D eigenvalue weighted by Crippen LogP contribution is 2.18. The van der Waals surface area contributed by atoms with Crippen molar-refractivity contribution in [1.29, 1.82) is 0 Å². The predicted molar refractivity (Wildman–Crippen MR) is 97.9 cm³/mol. The molecule has 2 rings (SSSR count). The van der Waals surface area contributed by atoms with E-state index in [0.29, 0.717) is 5.56 Å². The van der Waals surface area contributed by atoms with Crippen LogP contribution in [-0.4, -0.2) is 12.1 Å². The summed E-state index contributed by atoms with van der Waals surface area (Å²) in [5, 5.41) is 6.09. The van der Waals surface area contributed by atoms with Crippen molar-refractivity contribution < 1.29 is 4.79 Å². The fourth-order valence-electron chi connectivity index (χ4n) is 2.67. The van der Waals surface area contributed by atoms with E-state index in [1.165, 1.54) is 32.1 Å². The maximum atomic E-state index is 12.2. The Morgan fingerprint density at radius 1 is 1.00 bits per heavy atom. The van der Waals surface area contributed by atoms with Crippen LogP contribution in [0.15, 0.2) is 47.6 Å². The molecule has 0 radical (unpaired) electrons. The first-order valence-corrected chi connectivity index (χ1v) is 8.62. The van der Waals surface area contributed by atoms with Gasteiger partial charge in [0, 0.05) is 11.8 Å². The van der Waals surface area contributed by atoms with Gasteiger partial charge < -0.3 is 0 Å². The van der Waals surface area contributed by atoms with Crippen molar-refractivity contribution in [3.8, 4) is 0 Å². The first-order chi connectivity index (χ1) is 11.3. The Kier molecular flexibility index (Phi) is 7.31. The van der Waals surface area contributed by atoms with E-state index in [1.807, 2.05) is 48.7 Å². The first kappa shape index (κ1) is 17.2. The Labute approximate surface area is 138 Å². The molecule has 0 aliphatic heterocycles. The number of rotatable bonds is 9. The molecule has 23 heavy (non-hydrogen) atoms. The van der Waals surface area contributed by atoms with Crippen molar-refractivity contribution in [3.05, 3.63) is 48.0 Å². The average Bonchev–Trinajstić information content (AvgIpc) is 2.59. The summed E-state index contributed by atoms with van der Waals surface area (Å²) in [5.41, 5.74) is 3.30. The van der Waals surface area contributed by atoms with Gasteiger partial charge >= 0.3 is 0 Å². The number of amides is 1. The summed E-state index contributed by atoms with van der Waals surface area (Å²) in [6, 6.07) is 13.6. The molecular formula is C20H26N2O. The highest BCUT2D eigenvalue weighted by Gasteiger charge is 2.07. The zero-order valence-corrected chi connectivity index (χ0v) is 13.9. The second-order valence-corrected chi connectivity index (χ2v) is 5.84. The third-order valence-electron chi connectivity index (χ3n) is 3.98. The number of carbonyl (C=O) groups is 1. The normalized spacial score (nSPS) is 11.2. The highest BCUT2D eigenvalue weighted by molar-refractivity contribution is 6.07. The van der Waals surface area contributed by atoms with Crippen molar-refractivity contribution in [3.63, 3.8) is 0 Å². The second kappa shape index (κ2) is 9.78. The van der Waals surface area contributed by atoms with Crippen LogP contribution >= 0.6 is 0 Å². The average molecular weight is 310 g/mol. The van der Waals surface area contributed by atoms with Crippen LogP contribution in [0.25, 0.3) is 10.8 Å². The molecule has 1 amide bonds. The fourth-order valence-corrected chi connectivity index (χ4v) is 2.67. The number of fused-ring (bicyclic) bond motifs is 1. The zero-order chi connectivity index (χ0) is 16.3. The number of hydrazone groups is 1. The molecular weight excluding hydrogens is 284 g/mol. The van der Waals surface area contributed by atoms with Crippen molar-refractivity contribution in [2.75, 3.05) is 0 Å². The van der Waals surface area contributed by atoms with E-state index in [9.17, 15) is 4.79 Å². The van der Waals surface area contributed by atoms with Gasteiger partial charge in [0.15, 0.2) is 0 Å². The lowest BCUT2D eigenvalue weighted by Gasteiger charge is -2.04. The monoisotopic (exact) mass is 310 g/mol. The molecule has 122 valence electrons. The van der Waals surface area contributed by atoms with Gasteiger partial charge in [-0.1, -0.05) is 75.4 Å². The first-order valence-electron chi connectivity index (χ1n) is 8.62. The SMILES string of the molecule is CCCCCCCCC=NNC(=O)c1cccc2ccccc12. The summed E-state index contributed by atoms with van der Waals surface area (Å²) < 4.78 is 0. The van der Waals surface area contributed by atoms with Crippen LogP contribution in [0.4, 0.5) is 0 Å². The van der Waals surface area contributed by atoms with Crippen LogP contribution in [0.1, 0.15) is 62.2 Å². The number of nitrogens with zero attached hydrogens (tertiary/aromatic N) is 1. The minimum Gasteiger partial charge on any atom is -0.267 e. The molecule has 0 heterocycles. The molecule has 1 N–H and O–H groups in total. The van der Waals surface area contributed by atoms with Gasteiger partial charge in [-0.3, -0.25) is 4.79 Å². The minimum atomic E-state index is -0.152. The van der Waals surface area contributed by atoms with Gasteiger partial charge in [0.05, 0.1) is 0 Å². The van der Waals surface area contributed by atoms with Gasteiger partial charge in [-0.2, -0.15) is 5.10 Å². The molecule has 0 unspecified atom stereocenters.